The van der Waals surface area contributed by atoms with Gasteiger partial charge in [-0.25, -0.2) is 4.98 Å². The van der Waals surface area contributed by atoms with Crippen LogP contribution in [-0.2, 0) is 4.79 Å². The summed E-state index contributed by atoms with van der Waals surface area (Å²) in [4.78, 5) is 30.8. The maximum Gasteiger partial charge on any atom is 0.251 e. The number of carbonyl (C=O) groups is 1. The van der Waals surface area contributed by atoms with Crippen molar-refractivity contribution in [3.63, 3.8) is 0 Å². The molecule has 0 aliphatic carbocycles. The average molecular weight is 361 g/mol. The molecular weight excluding hydrogens is 342 g/mol. The highest BCUT2D eigenvalue weighted by Gasteiger charge is 2.05. The van der Waals surface area contributed by atoms with Crippen LogP contribution in [0.3, 0.4) is 0 Å². The number of aryl methyl sites for hydroxylation is 1. The van der Waals surface area contributed by atoms with E-state index in [2.05, 4.69) is 15.3 Å². The molecule has 0 unspecified atom stereocenters. The van der Waals surface area contributed by atoms with E-state index in [0.717, 1.165) is 11.3 Å². The molecule has 0 radical (unpaired) electrons. The van der Waals surface area contributed by atoms with Crippen molar-refractivity contribution in [3.8, 4) is 17.1 Å². The number of carbonyl (C=O) groups excluding carboxylic acids is 1. The largest absolute Gasteiger partial charge is 0.497 e. The Hall–Kier alpha value is -3.67. The molecule has 0 aliphatic rings. The van der Waals surface area contributed by atoms with E-state index >= 15 is 0 Å². The summed E-state index contributed by atoms with van der Waals surface area (Å²) in [5.74, 6) is 0.967. The lowest BCUT2D eigenvalue weighted by molar-refractivity contribution is -0.111. The van der Waals surface area contributed by atoms with Crippen molar-refractivity contribution < 1.29 is 9.53 Å². The second-order valence-corrected chi connectivity index (χ2v) is 5.91. The fourth-order valence-corrected chi connectivity index (χ4v) is 2.53. The van der Waals surface area contributed by atoms with Gasteiger partial charge < -0.3 is 15.0 Å². The molecule has 136 valence electrons. The van der Waals surface area contributed by atoms with Gasteiger partial charge in [0.15, 0.2) is 0 Å². The maximum atomic E-state index is 12.2. The SMILES string of the molecule is COc1ccc(/C=C/C(=O)Nc2cccc(-c3nc(C)cc(=O)[nH]3)c2)cc1. The second kappa shape index (κ2) is 8.14. The molecule has 3 aromatic rings. The number of anilines is 1. The van der Waals surface area contributed by atoms with Crippen LogP contribution in [0.15, 0.2) is 65.5 Å². The van der Waals surface area contributed by atoms with Crippen LogP contribution in [0.4, 0.5) is 5.69 Å². The summed E-state index contributed by atoms with van der Waals surface area (Å²) in [6, 6.07) is 16.0. The van der Waals surface area contributed by atoms with Crippen LogP contribution in [0.1, 0.15) is 11.3 Å². The van der Waals surface area contributed by atoms with Crippen molar-refractivity contribution in [1.82, 2.24) is 9.97 Å². The van der Waals surface area contributed by atoms with Crippen LogP contribution in [0.5, 0.6) is 5.75 Å². The Morgan fingerprint density at radius 3 is 2.63 bits per heavy atom. The minimum atomic E-state index is -0.256. The van der Waals surface area contributed by atoms with Gasteiger partial charge in [0.2, 0.25) is 5.91 Å². The first-order valence-corrected chi connectivity index (χ1v) is 8.35. The van der Waals surface area contributed by atoms with Gasteiger partial charge in [0.05, 0.1) is 7.11 Å². The lowest BCUT2D eigenvalue weighted by atomic mass is 10.1. The summed E-state index contributed by atoms with van der Waals surface area (Å²) in [5, 5.41) is 2.80. The lowest BCUT2D eigenvalue weighted by Crippen LogP contribution is -2.10. The highest BCUT2D eigenvalue weighted by Crippen LogP contribution is 2.19. The van der Waals surface area contributed by atoms with Crippen LogP contribution in [0.2, 0.25) is 0 Å². The minimum absolute atomic E-state index is 0.214. The molecule has 0 fully saturated rings. The van der Waals surface area contributed by atoms with E-state index in [1.54, 1.807) is 38.3 Å². The van der Waals surface area contributed by atoms with Crippen LogP contribution in [0, 0.1) is 6.92 Å². The molecule has 2 N–H and O–H groups in total. The van der Waals surface area contributed by atoms with Crippen molar-refractivity contribution in [2.45, 2.75) is 6.92 Å². The van der Waals surface area contributed by atoms with Crippen molar-refractivity contribution >= 4 is 17.7 Å². The van der Waals surface area contributed by atoms with Gasteiger partial charge in [0, 0.05) is 29.1 Å². The van der Waals surface area contributed by atoms with Crippen LogP contribution in [-0.4, -0.2) is 23.0 Å². The van der Waals surface area contributed by atoms with Crippen LogP contribution >= 0.6 is 0 Å². The van der Waals surface area contributed by atoms with E-state index in [1.165, 1.54) is 12.1 Å². The number of aromatic nitrogens is 2. The number of nitrogens with one attached hydrogen (secondary N) is 2. The first kappa shape index (κ1) is 18.1. The molecule has 1 heterocycles. The van der Waals surface area contributed by atoms with Crippen molar-refractivity contribution in [2.24, 2.45) is 0 Å². The standard InChI is InChI=1S/C21H19N3O3/c1-14-12-20(26)24-21(22-14)16-4-3-5-17(13-16)23-19(25)11-8-15-6-9-18(27-2)10-7-15/h3-13H,1-2H3,(H,23,25)(H,22,24,26)/b11-8+. The zero-order valence-electron chi connectivity index (χ0n) is 15.0. The summed E-state index contributed by atoms with van der Waals surface area (Å²) < 4.78 is 5.11. The van der Waals surface area contributed by atoms with Gasteiger partial charge in [0.1, 0.15) is 11.6 Å². The molecule has 0 bridgehead atoms. The third-order valence-corrected chi connectivity index (χ3v) is 3.82. The number of H-pyrrole nitrogens is 1. The maximum absolute atomic E-state index is 12.2. The Bertz CT molecular complexity index is 1040. The third-order valence-electron chi connectivity index (χ3n) is 3.82. The van der Waals surface area contributed by atoms with E-state index < -0.39 is 0 Å². The van der Waals surface area contributed by atoms with E-state index in [0.29, 0.717) is 22.8 Å². The Morgan fingerprint density at radius 2 is 1.93 bits per heavy atom. The summed E-state index contributed by atoms with van der Waals surface area (Å²) in [6.45, 7) is 1.76. The van der Waals surface area contributed by atoms with Crippen LogP contribution in [0.25, 0.3) is 17.5 Å². The highest BCUT2D eigenvalue weighted by molar-refractivity contribution is 6.02. The van der Waals surface area contributed by atoms with Crippen molar-refractivity contribution in [1.29, 1.82) is 0 Å². The molecule has 1 aromatic heterocycles. The summed E-state index contributed by atoms with van der Waals surface area (Å²) in [6.07, 6.45) is 3.18. The lowest BCUT2D eigenvalue weighted by Gasteiger charge is -2.06. The van der Waals surface area contributed by atoms with Crippen LogP contribution < -0.4 is 15.6 Å². The molecule has 3 rings (SSSR count). The zero-order chi connectivity index (χ0) is 19.2. The van der Waals surface area contributed by atoms with Gasteiger partial charge in [-0.2, -0.15) is 0 Å². The van der Waals surface area contributed by atoms with Gasteiger partial charge in [-0.3, -0.25) is 9.59 Å². The smallest absolute Gasteiger partial charge is 0.251 e. The Balaban J connectivity index is 1.72. The number of amides is 1. The molecule has 0 spiro atoms. The Kier molecular flexibility index (Phi) is 5.47. The van der Waals surface area contributed by atoms with E-state index in [4.69, 9.17) is 4.74 Å². The molecule has 0 aliphatic heterocycles. The third kappa shape index (κ3) is 4.92. The van der Waals surface area contributed by atoms with Gasteiger partial charge >= 0.3 is 0 Å². The normalized spacial score (nSPS) is 10.7. The Morgan fingerprint density at radius 1 is 1.15 bits per heavy atom. The zero-order valence-corrected chi connectivity index (χ0v) is 15.0. The van der Waals surface area contributed by atoms with Crippen molar-refractivity contribution in [3.05, 3.63) is 82.3 Å². The number of ether oxygens (including phenoxy) is 1. The number of benzene rings is 2. The number of hydrogen-bond donors (Lipinski definition) is 2. The molecule has 6 heteroatoms. The summed E-state index contributed by atoms with van der Waals surface area (Å²) in [7, 11) is 1.61. The molecule has 27 heavy (non-hydrogen) atoms. The molecule has 2 aromatic carbocycles. The number of hydrogen-bond acceptors (Lipinski definition) is 4. The number of methoxy groups -OCH3 is 1. The number of rotatable bonds is 5. The van der Waals surface area contributed by atoms with Crippen molar-refractivity contribution in [2.75, 3.05) is 12.4 Å². The summed E-state index contributed by atoms with van der Waals surface area (Å²) >= 11 is 0. The number of aromatic amines is 1. The highest BCUT2D eigenvalue weighted by atomic mass is 16.5. The molecular formula is C21H19N3O3. The predicted molar refractivity (Wildman–Crippen MR) is 106 cm³/mol. The fourth-order valence-electron chi connectivity index (χ4n) is 2.53. The van der Waals surface area contributed by atoms with Gasteiger partial charge in [-0.15, -0.1) is 0 Å². The molecule has 6 nitrogen and oxygen atoms in total. The van der Waals surface area contributed by atoms with Gasteiger partial charge in [-0.05, 0) is 42.8 Å². The van der Waals surface area contributed by atoms with Gasteiger partial charge in [-0.1, -0.05) is 24.3 Å². The molecule has 0 atom stereocenters. The minimum Gasteiger partial charge on any atom is -0.497 e. The summed E-state index contributed by atoms with van der Waals surface area (Å²) in [5.41, 5.74) is 2.63. The van der Waals surface area contributed by atoms with E-state index in [1.807, 2.05) is 30.3 Å². The quantitative estimate of drug-likeness (QED) is 0.682. The average Bonchev–Trinajstić information content (AvgIpc) is 2.66. The monoisotopic (exact) mass is 361 g/mol. The van der Waals surface area contributed by atoms with E-state index in [-0.39, 0.29) is 11.5 Å². The Labute approximate surface area is 156 Å². The fraction of sp³-hybridized carbons (Fsp3) is 0.0952. The second-order valence-electron chi connectivity index (χ2n) is 5.91. The first-order valence-electron chi connectivity index (χ1n) is 8.35. The predicted octanol–water partition coefficient (Wildman–Crippen LogP) is 3.41. The molecule has 0 saturated carbocycles. The topological polar surface area (TPSA) is 84.1 Å². The number of nitrogens with zero attached hydrogens (tertiary/aromatic N) is 1. The molecule has 0 saturated heterocycles. The molecule has 1 amide bonds. The first-order chi connectivity index (χ1) is 13.0. The van der Waals surface area contributed by atoms with Gasteiger partial charge in [0.25, 0.3) is 5.56 Å². The van der Waals surface area contributed by atoms with E-state index in [9.17, 15) is 9.59 Å².